The highest BCUT2D eigenvalue weighted by Gasteiger charge is 2.20. The van der Waals surface area contributed by atoms with Gasteiger partial charge in [-0.15, -0.1) is 0 Å². The third kappa shape index (κ3) is 8.75. The Balaban J connectivity index is 0.000000217. The maximum Gasteiger partial charge on any atom is 0.337 e. The summed E-state index contributed by atoms with van der Waals surface area (Å²) in [5, 5.41) is 15.6. The first-order chi connectivity index (χ1) is 23.0. The summed E-state index contributed by atoms with van der Waals surface area (Å²) >= 11 is 11.4. The number of methoxy groups -OCH3 is 2. The molecule has 3 aromatic heterocycles. The molecule has 3 heterocycles. The number of aromatic nitrogens is 2. The molecule has 0 aliphatic carbocycles. The average molecular weight is 691 g/mol. The topological polar surface area (TPSA) is 209 Å². The Hall–Kier alpha value is -6.17. The Morgan fingerprint density at radius 3 is 2.00 bits per heavy atom. The molecule has 16 heteroatoms. The number of amides is 2. The lowest BCUT2D eigenvalue weighted by Gasteiger charge is -2.09. The molecule has 0 unspecified atom stereocenters. The number of hydrogen-bond acceptors (Lipinski definition) is 12. The Kier molecular flexibility index (Phi) is 11.5. The van der Waals surface area contributed by atoms with Crippen LogP contribution in [0.3, 0.4) is 0 Å². The van der Waals surface area contributed by atoms with Gasteiger partial charge in [-0.1, -0.05) is 23.2 Å². The molecule has 0 fully saturated rings. The number of furan rings is 1. The number of carbonyl (C=O) groups excluding carboxylic acids is 4. The third-order valence-corrected chi connectivity index (χ3v) is 6.64. The maximum atomic E-state index is 12.3. The largest absolute Gasteiger partial charge is 0.482 e. The fraction of sp³-hybridized carbons (Fsp3) is 0.0938. The van der Waals surface area contributed by atoms with Crippen molar-refractivity contribution in [1.82, 2.24) is 9.97 Å². The zero-order chi connectivity index (χ0) is 34.8. The van der Waals surface area contributed by atoms with Gasteiger partial charge in [-0.3, -0.25) is 9.59 Å². The molecule has 2 aromatic carbocycles. The zero-order valence-electron chi connectivity index (χ0n) is 25.1. The van der Waals surface area contributed by atoms with Crippen molar-refractivity contribution in [3.63, 3.8) is 0 Å². The van der Waals surface area contributed by atoms with Crippen LogP contribution in [0.4, 0.5) is 17.3 Å². The number of nitriles is 1. The molecular weight excluding hydrogens is 667 g/mol. The second-order valence-corrected chi connectivity index (χ2v) is 10.2. The number of fused-ring (bicyclic) bond motifs is 1. The average Bonchev–Trinajstić information content (AvgIpc) is 3.44. The lowest BCUT2D eigenvalue weighted by Crippen LogP contribution is -2.21. The number of nitrogen functional groups attached to an aromatic ring is 1. The molecule has 0 saturated carbocycles. The molecule has 14 nitrogen and oxygen atoms in total. The van der Waals surface area contributed by atoms with Gasteiger partial charge >= 0.3 is 11.9 Å². The number of nitrogens with two attached hydrogens (primary N) is 1. The van der Waals surface area contributed by atoms with E-state index in [0.29, 0.717) is 38.2 Å². The fourth-order valence-electron chi connectivity index (χ4n) is 3.91. The second kappa shape index (κ2) is 15.9. The van der Waals surface area contributed by atoms with E-state index in [0.717, 1.165) is 0 Å². The van der Waals surface area contributed by atoms with Crippen LogP contribution in [0, 0.1) is 11.3 Å². The summed E-state index contributed by atoms with van der Waals surface area (Å²) in [6.45, 7) is -0.323. The molecular formula is C32H24Cl2N6O8. The summed E-state index contributed by atoms with van der Waals surface area (Å²) in [5.41, 5.74) is 7.14. The molecule has 0 saturated heterocycles. The van der Waals surface area contributed by atoms with E-state index in [2.05, 4.69) is 30.1 Å². The maximum absolute atomic E-state index is 12.3. The van der Waals surface area contributed by atoms with Crippen molar-refractivity contribution < 1.29 is 37.8 Å². The van der Waals surface area contributed by atoms with Crippen LogP contribution >= 0.6 is 23.2 Å². The lowest BCUT2D eigenvalue weighted by molar-refractivity contribution is -0.118. The van der Waals surface area contributed by atoms with E-state index in [1.54, 1.807) is 30.3 Å². The molecule has 244 valence electrons. The van der Waals surface area contributed by atoms with Crippen molar-refractivity contribution in [2.45, 2.75) is 0 Å². The minimum atomic E-state index is -0.565. The standard InChI is InChI=1S/2C16H12ClN3O4/c1-23-16(22)8-2-4-11-10(6-8)13(18)14(24-11)15(21)20-12-5-3-9(17)7-19-12;1-23-16(22)10-2-4-13(11(6-10)7-18)24-9-15(21)20-14-5-3-12(17)8-19-14/h2-7H,18H2,1H3,(H,19,20,21);2-6,8H,9H2,1H3,(H,19,20,21). The van der Waals surface area contributed by atoms with Gasteiger partial charge < -0.3 is 35.0 Å². The van der Waals surface area contributed by atoms with Crippen LogP contribution in [-0.2, 0) is 14.3 Å². The molecule has 0 bridgehead atoms. The van der Waals surface area contributed by atoms with E-state index in [1.807, 2.05) is 6.07 Å². The number of halogens is 2. The second-order valence-electron chi connectivity index (χ2n) is 9.38. The Labute approximate surface area is 282 Å². The van der Waals surface area contributed by atoms with E-state index in [4.69, 9.17) is 43.4 Å². The molecule has 4 N–H and O–H groups in total. The molecule has 2 amide bonds. The Morgan fingerprint density at radius 1 is 0.854 bits per heavy atom. The SMILES string of the molecule is COC(=O)c1ccc(OCC(=O)Nc2ccc(Cl)cn2)c(C#N)c1.COC(=O)c1ccc2oc(C(=O)Nc3ccc(Cl)cn3)c(N)c2c1. The lowest BCUT2D eigenvalue weighted by atomic mass is 10.1. The monoisotopic (exact) mass is 690 g/mol. The van der Waals surface area contributed by atoms with Crippen molar-refractivity contribution in [2.75, 3.05) is 37.2 Å². The van der Waals surface area contributed by atoms with Gasteiger partial charge in [0.1, 0.15) is 29.0 Å². The summed E-state index contributed by atoms with van der Waals surface area (Å²) in [4.78, 5) is 55.1. The van der Waals surface area contributed by atoms with Gasteiger partial charge in [0.25, 0.3) is 11.8 Å². The summed E-state index contributed by atoms with van der Waals surface area (Å²) in [7, 11) is 2.52. The molecule has 5 aromatic rings. The van der Waals surface area contributed by atoms with Crippen LogP contribution in [0.25, 0.3) is 11.0 Å². The number of nitrogens with one attached hydrogen (secondary N) is 2. The summed E-state index contributed by atoms with van der Waals surface area (Å²) in [5.74, 6) is -1.33. The predicted molar refractivity (Wildman–Crippen MR) is 175 cm³/mol. The minimum Gasteiger partial charge on any atom is -0.482 e. The Bertz CT molecular complexity index is 2030. The van der Waals surface area contributed by atoms with Gasteiger partial charge in [0.2, 0.25) is 5.76 Å². The van der Waals surface area contributed by atoms with Crippen molar-refractivity contribution in [3.05, 3.63) is 106 Å². The number of pyridine rings is 2. The first-order valence-electron chi connectivity index (χ1n) is 13.5. The van der Waals surface area contributed by atoms with Gasteiger partial charge in [-0.2, -0.15) is 5.26 Å². The molecule has 48 heavy (non-hydrogen) atoms. The van der Waals surface area contributed by atoms with Gasteiger partial charge in [0.15, 0.2) is 6.61 Å². The van der Waals surface area contributed by atoms with Gasteiger partial charge in [0, 0.05) is 17.8 Å². The van der Waals surface area contributed by atoms with E-state index >= 15 is 0 Å². The summed E-state index contributed by atoms with van der Waals surface area (Å²) in [6, 6.07) is 17.0. The van der Waals surface area contributed by atoms with Gasteiger partial charge in [-0.25, -0.2) is 19.6 Å². The summed E-state index contributed by atoms with van der Waals surface area (Å²) < 4.78 is 20.0. The number of anilines is 3. The van der Waals surface area contributed by atoms with Gasteiger partial charge in [0.05, 0.1) is 46.6 Å². The summed E-state index contributed by atoms with van der Waals surface area (Å²) in [6.07, 6.45) is 2.80. The van der Waals surface area contributed by atoms with E-state index in [1.165, 1.54) is 56.9 Å². The number of carbonyl (C=O) groups is 4. The number of ether oxygens (including phenoxy) is 3. The van der Waals surface area contributed by atoms with Crippen molar-refractivity contribution >= 4 is 75.2 Å². The number of esters is 2. The quantitative estimate of drug-likeness (QED) is 0.172. The molecule has 0 radical (unpaired) electrons. The third-order valence-electron chi connectivity index (χ3n) is 6.20. The van der Waals surface area contributed by atoms with Crippen LogP contribution in [0.15, 0.2) is 77.5 Å². The van der Waals surface area contributed by atoms with Crippen LogP contribution in [0.2, 0.25) is 10.0 Å². The number of benzene rings is 2. The minimum absolute atomic E-state index is 0.0660. The van der Waals surface area contributed by atoms with Crippen LogP contribution in [-0.4, -0.2) is 54.5 Å². The van der Waals surface area contributed by atoms with Crippen LogP contribution < -0.4 is 21.1 Å². The first kappa shape index (κ1) is 34.7. The Morgan fingerprint density at radius 2 is 1.44 bits per heavy atom. The smallest absolute Gasteiger partial charge is 0.337 e. The number of hydrogen-bond donors (Lipinski definition) is 3. The number of nitrogens with zero attached hydrogens (tertiary/aromatic N) is 3. The highest BCUT2D eigenvalue weighted by molar-refractivity contribution is 6.30. The van der Waals surface area contributed by atoms with Gasteiger partial charge in [-0.05, 0) is 60.7 Å². The predicted octanol–water partition coefficient (Wildman–Crippen LogP) is 5.51. The van der Waals surface area contributed by atoms with E-state index in [9.17, 15) is 19.2 Å². The first-order valence-corrected chi connectivity index (χ1v) is 14.3. The highest BCUT2D eigenvalue weighted by Crippen LogP contribution is 2.30. The normalized spacial score (nSPS) is 10.1. The highest BCUT2D eigenvalue weighted by atomic mass is 35.5. The molecule has 0 spiro atoms. The fourth-order valence-corrected chi connectivity index (χ4v) is 4.14. The molecule has 5 rings (SSSR count). The van der Waals surface area contributed by atoms with Crippen molar-refractivity contribution in [1.29, 1.82) is 5.26 Å². The van der Waals surface area contributed by atoms with E-state index in [-0.39, 0.29) is 34.9 Å². The van der Waals surface area contributed by atoms with Crippen LogP contribution in [0.1, 0.15) is 36.8 Å². The van der Waals surface area contributed by atoms with Crippen molar-refractivity contribution in [2.24, 2.45) is 0 Å². The molecule has 0 atom stereocenters. The molecule has 0 aliphatic rings. The molecule has 0 aliphatic heterocycles. The van der Waals surface area contributed by atoms with E-state index < -0.39 is 23.8 Å². The number of rotatable bonds is 8. The van der Waals surface area contributed by atoms with Crippen LogP contribution in [0.5, 0.6) is 5.75 Å². The van der Waals surface area contributed by atoms with Crippen molar-refractivity contribution in [3.8, 4) is 11.8 Å². The zero-order valence-corrected chi connectivity index (χ0v) is 26.6.